The molecular weight excluding hydrogens is 737 g/mol. The van der Waals surface area contributed by atoms with Gasteiger partial charge >= 0.3 is 0 Å². The summed E-state index contributed by atoms with van der Waals surface area (Å²) in [5.41, 5.74) is 1.15. The molecule has 0 bridgehead atoms. The van der Waals surface area contributed by atoms with Crippen LogP contribution in [0.25, 0.3) is 24.3 Å². The van der Waals surface area contributed by atoms with E-state index in [1.54, 1.807) is 49.1 Å². The number of hydrogen-bond acceptors (Lipinski definition) is 8. The van der Waals surface area contributed by atoms with E-state index in [9.17, 15) is 19.2 Å². The summed E-state index contributed by atoms with van der Waals surface area (Å²) in [7, 11) is 0. The molecule has 0 unspecified atom stereocenters. The molecule has 5 aromatic rings. The molecule has 0 fully saturated rings. The zero-order chi connectivity index (χ0) is 42.0. The number of aromatic amines is 6. The van der Waals surface area contributed by atoms with Crippen LogP contribution in [0.2, 0.25) is 0 Å². The molecule has 0 atom stereocenters. The van der Waals surface area contributed by atoms with Gasteiger partial charge in [-0.25, -0.2) is 9.97 Å². The number of nitrogens with zero attached hydrogens (tertiary/aromatic N) is 2. The number of hydrogen-bond donors (Lipinski definition) is 6. The maximum Gasteiger partial charge on any atom is 0.272 e. The van der Waals surface area contributed by atoms with Crippen LogP contribution in [0.5, 0.6) is 11.5 Å². The molecule has 0 aliphatic heterocycles. The van der Waals surface area contributed by atoms with Crippen molar-refractivity contribution in [3.05, 3.63) is 122 Å². The molecule has 14 nitrogen and oxygen atoms in total. The van der Waals surface area contributed by atoms with E-state index in [4.69, 9.17) is 9.47 Å². The summed E-state index contributed by atoms with van der Waals surface area (Å²) in [5.74, 6) is 0.806. The average Bonchev–Trinajstić information content (AvgIpc) is 3.84. The van der Waals surface area contributed by atoms with Crippen molar-refractivity contribution >= 4 is 24.3 Å². The first-order valence-corrected chi connectivity index (χ1v) is 20.2. The summed E-state index contributed by atoms with van der Waals surface area (Å²) in [4.78, 5) is 79.6. The molecule has 14 heteroatoms. The Morgan fingerprint density at radius 1 is 0.517 bits per heavy atom. The van der Waals surface area contributed by atoms with E-state index in [2.05, 4.69) is 53.7 Å². The standard InChI is InChI=1S/C44H58N8O6/c1-9-11-13-15-17-57-35-21-28(20-32-40(54)52-34(42(56)50-32)24-30-38(44(6,7)8)48-26-46-30)36(58-18-16-14-12-10-2)22-27(35)19-31-39(53)51-33(41(55)49-31)23-29-37(43(3,4)5)47-25-45-29/h19-26H,9-18H2,1-8H3,(H,45,47)(H,46,48)(H,49,55)(H,50,56)(H,51,53)(H,52,54)/b31-19-,32-20-,33-23-,34-24?. The lowest BCUT2D eigenvalue weighted by Crippen LogP contribution is -2.47. The largest absolute Gasteiger partial charge is 0.493 e. The van der Waals surface area contributed by atoms with Crippen molar-refractivity contribution in [1.82, 2.24) is 39.9 Å². The lowest BCUT2D eigenvalue weighted by Gasteiger charge is -2.16. The van der Waals surface area contributed by atoms with Crippen molar-refractivity contribution in [1.29, 1.82) is 0 Å². The molecular formula is C44H58N8O6. The minimum absolute atomic E-state index is 0.0147. The van der Waals surface area contributed by atoms with E-state index in [0.717, 1.165) is 62.8 Å². The zero-order valence-electron chi connectivity index (χ0n) is 35.0. The van der Waals surface area contributed by atoms with Crippen molar-refractivity contribution in [3.63, 3.8) is 0 Å². The van der Waals surface area contributed by atoms with Gasteiger partial charge in [0.1, 0.15) is 32.9 Å². The lowest BCUT2D eigenvalue weighted by atomic mass is 9.90. The van der Waals surface area contributed by atoms with Crippen LogP contribution in [0, 0.1) is 0 Å². The Balaban J connectivity index is 1.65. The Bertz CT molecular complexity index is 2490. The third kappa shape index (κ3) is 11.1. The Labute approximate surface area is 336 Å². The first kappa shape index (κ1) is 43.2. The van der Waals surface area contributed by atoms with Gasteiger partial charge in [-0.15, -0.1) is 0 Å². The summed E-state index contributed by atoms with van der Waals surface area (Å²) < 4.78 is 12.6. The number of H-pyrrole nitrogens is 6. The quantitative estimate of drug-likeness (QED) is 0.0810. The predicted octanol–water partition coefficient (Wildman–Crippen LogP) is 3.71. The molecule has 6 N–H and O–H groups in total. The summed E-state index contributed by atoms with van der Waals surface area (Å²) in [5, 5.41) is 0.159. The number of rotatable bonds is 16. The fourth-order valence-electron chi connectivity index (χ4n) is 6.50. The summed E-state index contributed by atoms with van der Waals surface area (Å²) >= 11 is 0. The Hall–Kier alpha value is -5.92. The summed E-state index contributed by atoms with van der Waals surface area (Å²) in [6.07, 6.45) is 17.1. The van der Waals surface area contributed by atoms with Crippen molar-refractivity contribution < 1.29 is 9.47 Å². The monoisotopic (exact) mass is 794 g/mol. The smallest absolute Gasteiger partial charge is 0.272 e. The minimum Gasteiger partial charge on any atom is -0.493 e. The molecule has 0 saturated heterocycles. The molecule has 0 amide bonds. The highest BCUT2D eigenvalue weighted by atomic mass is 16.5. The van der Waals surface area contributed by atoms with Crippen LogP contribution < -0.4 is 53.1 Å². The molecule has 4 aromatic heterocycles. The maximum atomic E-state index is 13.5. The van der Waals surface area contributed by atoms with E-state index >= 15 is 0 Å². The van der Waals surface area contributed by atoms with Gasteiger partial charge in [-0.3, -0.25) is 19.2 Å². The highest BCUT2D eigenvalue weighted by Crippen LogP contribution is 2.31. The van der Waals surface area contributed by atoms with Gasteiger partial charge in [0.2, 0.25) is 0 Å². The van der Waals surface area contributed by atoms with Gasteiger partial charge in [-0.1, -0.05) is 93.9 Å². The molecule has 5 rings (SSSR count). The molecule has 0 aliphatic rings. The number of unbranched alkanes of at least 4 members (excludes halogenated alkanes) is 6. The van der Waals surface area contributed by atoms with Gasteiger partial charge in [0.25, 0.3) is 22.2 Å². The van der Waals surface area contributed by atoms with Gasteiger partial charge in [0.15, 0.2) is 0 Å². The van der Waals surface area contributed by atoms with E-state index < -0.39 is 22.2 Å². The number of imidazole rings is 2. The SMILES string of the molecule is CCCCCCOc1cc(/C=c2\[nH]c(=O)/c(=C/c3nc[nH]c3C(C)(C)C)[nH]c2=O)c(OCCCCCC)cc1/C=c1\[nH]c(=O)c(=Cc2nc[nH]c2C(C)(C)C)[nH]c1=O. The fourth-order valence-corrected chi connectivity index (χ4v) is 6.50. The van der Waals surface area contributed by atoms with Crippen LogP contribution in [0.15, 0.2) is 44.0 Å². The van der Waals surface area contributed by atoms with Gasteiger partial charge in [-0.2, -0.15) is 0 Å². The number of aromatic nitrogens is 8. The first-order chi connectivity index (χ1) is 27.6. The lowest BCUT2D eigenvalue weighted by molar-refractivity contribution is 0.296. The second kappa shape index (κ2) is 19.0. The second-order valence-corrected chi connectivity index (χ2v) is 16.6. The van der Waals surface area contributed by atoms with Crippen LogP contribution in [0.1, 0.15) is 141 Å². The van der Waals surface area contributed by atoms with Gasteiger partial charge in [-0.05, 0) is 49.3 Å². The average molecular weight is 795 g/mol. The third-order valence-corrected chi connectivity index (χ3v) is 9.62. The molecule has 58 heavy (non-hydrogen) atoms. The highest BCUT2D eigenvalue weighted by molar-refractivity contribution is 5.67. The van der Waals surface area contributed by atoms with Gasteiger partial charge in [0.05, 0.1) is 37.3 Å². The second-order valence-electron chi connectivity index (χ2n) is 16.6. The van der Waals surface area contributed by atoms with Crippen molar-refractivity contribution in [3.8, 4) is 11.5 Å². The van der Waals surface area contributed by atoms with E-state index in [0.29, 0.717) is 47.2 Å². The normalized spacial score (nSPS) is 13.5. The van der Waals surface area contributed by atoms with E-state index in [1.165, 1.54) is 0 Å². The van der Waals surface area contributed by atoms with Crippen LogP contribution in [0.3, 0.4) is 0 Å². The van der Waals surface area contributed by atoms with Gasteiger partial charge < -0.3 is 39.4 Å². The topological polar surface area (TPSA) is 207 Å². The van der Waals surface area contributed by atoms with Crippen LogP contribution in [-0.2, 0) is 10.8 Å². The Morgan fingerprint density at radius 2 is 0.862 bits per heavy atom. The molecule has 1 aromatic carbocycles. The fraction of sp³-hybridized carbons (Fsp3) is 0.455. The zero-order valence-corrected chi connectivity index (χ0v) is 35.0. The van der Waals surface area contributed by atoms with Gasteiger partial charge in [0, 0.05) is 33.3 Å². The van der Waals surface area contributed by atoms with Crippen molar-refractivity contribution in [2.24, 2.45) is 0 Å². The van der Waals surface area contributed by atoms with Crippen LogP contribution >= 0.6 is 0 Å². The molecule has 0 spiro atoms. The maximum absolute atomic E-state index is 13.5. The van der Waals surface area contributed by atoms with Crippen molar-refractivity contribution in [2.75, 3.05) is 13.2 Å². The summed E-state index contributed by atoms with van der Waals surface area (Å²) in [6.45, 7) is 17.2. The number of ether oxygens (including phenoxy) is 2. The number of nitrogens with one attached hydrogen (secondary N) is 6. The first-order valence-electron chi connectivity index (χ1n) is 20.2. The third-order valence-electron chi connectivity index (χ3n) is 9.62. The van der Waals surface area contributed by atoms with Crippen molar-refractivity contribution in [2.45, 2.75) is 118 Å². The predicted molar refractivity (Wildman–Crippen MR) is 228 cm³/mol. The molecule has 0 radical (unpaired) electrons. The van der Waals surface area contributed by atoms with E-state index in [-0.39, 0.29) is 32.2 Å². The Morgan fingerprint density at radius 3 is 1.19 bits per heavy atom. The van der Waals surface area contributed by atoms with Crippen LogP contribution in [-0.4, -0.2) is 53.1 Å². The molecule has 0 saturated carbocycles. The minimum atomic E-state index is -0.518. The number of benzene rings is 1. The summed E-state index contributed by atoms with van der Waals surface area (Å²) in [6, 6.07) is 3.45. The van der Waals surface area contributed by atoms with E-state index in [1.807, 2.05) is 41.5 Å². The van der Waals surface area contributed by atoms with Crippen LogP contribution in [0.4, 0.5) is 0 Å². The highest BCUT2D eigenvalue weighted by Gasteiger charge is 2.20. The molecule has 0 aliphatic carbocycles. The molecule has 4 heterocycles. The Kier molecular flexibility index (Phi) is 14.2. The molecule has 310 valence electrons.